The smallest absolute Gasteiger partial charge is 0.325 e. The lowest BCUT2D eigenvalue weighted by Crippen LogP contribution is -2.45. The van der Waals surface area contributed by atoms with Crippen molar-refractivity contribution in [3.8, 4) is 0 Å². The number of nitrogens with zero attached hydrogens (tertiary/aromatic N) is 2. The van der Waals surface area contributed by atoms with Crippen LogP contribution in [-0.4, -0.2) is 58.4 Å². The zero-order valence-corrected chi connectivity index (χ0v) is 16.0. The number of nitrogens with one attached hydrogen (secondary N) is 1. The Morgan fingerprint density at radius 1 is 1.21 bits per heavy atom. The van der Waals surface area contributed by atoms with E-state index < -0.39 is 28.9 Å². The number of aliphatic carboxylic acids is 1. The molecular weight excluding hydrogens is 374 g/mol. The molecule has 2 saturated heterocycles. The number of carboxylic acids is 1. The highest BCUT2D eigenvalue weighted by Crippen LogP contribution is 2.49. The maximum absolute atomic E-state index is 13.2. The maximum Gasteiger partial charge on any atom is 0.325 e. The van der Waals surface area contributed by atoms with E-state index in [0.717, 1.165) is 28.9 Å². The van der Waals surface area contributed by atoms with E-state index in [9.17, 15) is 24.3 Å². The van der Waals surface area contributed by atoms with E-state index in [1.54, 1.807) is 0 Å². The van der Waals surface area contributed by atoms with Gasteiger partial charge in [0, 0.05) is 13.1 Å². The maximum atomic E-state index is 13.2. The lowest BCUT2D eigenvalue weighted by molar-refractivity contribution is -0.150. The summed E-state index contributed by atoms with van der Waals surface area (Å²) in [7, 11) is 0. The van der Waals surface area contributed by atoms with E-state index in [4.69, 9.17) is 0 Å². The number of urea groups is 1. The molecule has 3 atom stereocenters. The number of benzene rings is 1. The third-order valence-electron chi connectivity index (χ3n) is 7.36. The van der Waals surface area contributed by atoms with Crippen molar-refractivity contribution >= 4 is 23.8 Å². The molecule has 5 rings (SSSR count). The summed E-state index contributed by atoms with van der Waals surface area (Å²) in [5.74, 6) is -1.67. The Kier molecular flexibility index (Phi) is 3.78. The summed E-state index contributed by atoms with van der Waals surface area (Å²) in [6, 6.07) is 6.99. The molecule has 1 spiro atoms. The number of hydrogen-bond donors (Lipinski definition) is 2. The Morgan fingerprint density at radius 2 is 2.00 bits per heavy atom. The van der Waals surface area contributed by atoms with Gasteiger partial charge in [-0.15, -0.1) is 0 Å². The number of carboxylic acid groups (broad SMARTS) is 1. The van der Waals surface area contributed by atoms with Gasteiger partial charge in [-0.3, -0.25) is 19.3 Å². The van der Waals surface area contributed by atoms with Gasteiger partial charge in [0.25, 0.3) is 5.91 Å². The van der Waals surface area contributed by atoms with Crippen LogP contribution in [0.15, 0.2) is 24.3 Å². The van der Waals surface area contributed by atoms with Crippen molar-refractivity contribution in [2.75, 3.05) is 19.6 Å². The molecule has 152 valence electrons. The van der Waals surface area contributed by atoms with Crippen molar-refractivity contribution in [3.05, 3.63) is 35.4 Å². The van der Waals surface area contributed by atoms with E-state index >= 15 is 0 Å². The number of amides is 4. The van der Waals surface area contributed by atoms with Crippen LogP contribution >= 0.6 is 0 Å². The summed E-state index contributed by atoms with van der Waals surface area (Å²) in [4.78, 5) is 53.1. The number of imide groups is 1. The Labute approximate surface area is 167 Å². The first-order chi connectivity index (χ1) is 13.9. The monoisotopic (exact) mass is 397 g/mol. The fourth-order valence-electron chi connectivity index (χ4n) is 5.80. The summed E-state index contributed by atoms with van der Waals surface area (Å²) < 4.78 is 0. The Morgan fingerprint density at radius 3 is 2.76 bits per heavy atom. The zero-order chi connectivity index (χ0) is 20.4. The minimum atomic E-state index is -1.09. The van der Waals surface area contributed by atoms with Gasteiger partial charge < -0.3 is 15.3 Å². The first kappa shape index (κ1) is 18.1. The standard InChI is InChI=1S/C21H23N3O5/c25-16(23-10-14-5-3-8-20(14,12-23)18(27)28)11-24-17(26)21(22-19(24)29)9-7-13-4-1-2-6-15(13)21/h1-2,4,6,14H,3,5,7-12H2,(H,22,29)(H,27,28)/t14-,20+,21?/m0/s1. The first-order valence-corrected chi connectivity index (χ1v) is 10.1. The zero-order valence-electron chi connectivity index (χ0n) is 16.0. The number of carbonyl (C=O) groups excluding carboxylic acids is 3. The molecule has 3 fully saturated rings. The number of hydrogen-bond acceptors (Lipinski definition) is 4. The molecule has 2 aliphatic carbocycles. The van der Waals surface area contributed by atoms with Gasteiger partial charge >= 0.3 is 12.0 Å². The van der Waals surface area contributed by atoms with E-state index in [1.165, 1.54) is 4.90 Å². The van der Waals surface area contributed by atoms with Crippen molar-refractivity contribution in [2.24, 2.45) is 11.3 Å². The number of carbonyl (C=O) groups is 4. The minimum Gasteiger partial charge on any atom is -0.481 e. The normalized spacial score (nSPS) is 32.6. The molecule has 4 amide bonds. The van der Waals surface area contributed by atoms with Gasteiger partial charge in [-0.1, -0.05) is 30.7 Å². The van der Waals surface area contributed by atoms with Crippen molar-refractivity contribution in [3.63, 3.8) is 0 Å². The van der Waals surface area contributed by atoms with Gasteiger partial charge in [0.15, 0.2) is 0 Å². The van der Waals surface area contributed by atoms with E-state index in [0.29, 0.717) is 25.8 Å². The van der Waals surface area contributed by atoms with Crippen LogP contribution in [0.25, 0.3) is 0 Å². The fraction of sp³-hybridized carbons (Fsp3) is 0.524. The molecular formula is C21H23N3O5. The van der Waals surface area contributed by atoms with E-state index in [2.05, 4.69) is 5.32 Å². The van der Waals surface area contributed by atoms with E-state index in [-0.39, 0.29) is 24.9 Å². The van der Waals surface area contributed by atoms with Crippen LogP contribution < -0.4 is 5.32 Å². The number of fused-ring (bicyclic) bond motifs is 3. The van der Waals surface area contributed by atoms with Gasteiger partial charge in [0.05, 0.1) is 5.41 Å². The molecule has 0 radical (unpaired) electrons. The van der Waals surface area contributed by atoms with Gasteiger partial charge in [0.2, 0.25) is 5.91 Å². The summed E-state index contributed by atoms with van der Waals surface area (Å²) in [6.07, 6.45) is 3.39. The highest BCUT2D eigenvalue weighted by atomic mass is 16.4. The average molecular weight is 397 g/mol. The van der Waals surface area contributed by atoms with Crippen molar-refractivity contribution < 1.29 is 24.3 Å². The van der Waals surface area contributed by atoms with E-state index in [1.807, 2.05) is 24.3 Å². The van der Waals surface area contributed by atoms with Gasteiger partial charge in [0.1, 0.15) is 12.1 Å². The highest BCUT2D eigenvalue weighted by molar-refractivity contribution is 6.10. The molecule has 0 bridgehead atoms. The van der Waals surface area contributed by atoms with Crippen LogP contribution in [-0.2, 0) is 26.3 Å². The highest BCUT2D eigenvalue weighted by Gasteiger charge is 2.58. The Bertz CT molecular complexity index is 946. The molecule has 1 aromatic carbocycles. The van der Waals surface area contributed by atoms with Gasteiger partial charge in [-0.05, 0) is 42.7 Å². The third-order valence-corrected chi connectivity index (χ3v) is 7.36. The van der Waals surface area contributed by atoms with Crippen LogP contribution in [0.4, 0.5) is 4.79 Å². The Balaban J connectivity index is 1.34. The molecule has 1 aromatic rings. The number of rotatable bonds is 3. The quantitative estimate of drug-likeness (QED) is 0.743. The molecule has 2 aliphatic heterocycles. The molecule has 1 unspecified atom stereocenters. The molecule has 2 heterocycles. The summed E-state index contributed by atoms with van der Waals surface area (Å²) in [5, 5.41) is 12.5. The second-order valence-corrected chi connectivity index (χ2v) is 8.71. The van der Waals surface area contributed by atoms with Gasteiger partial charge in [-0.2, -0.15) is 0 Å². The largest absolute Gasteiger partial charge is 0.481 e. The molecule has 29 heavy (non-hydrogen) atoms. The molecule has 1 saturated carbocycles. The number of aryl methyl sites for hydroxylation is 1. The molecule has 8 heteroatoms. The third kappa shape index (κ3) is 2.37. The van der Waals surface area contributed by atoms with Crippen molar-refractivity contribution in [2.45, 2.75) is 37.6 Å². The lowest BCUT2D eigenvalue weighted by atomic mass is 9.81. The van der Waals surface area contributed by atoms with Crippen molar-refractivity contribution in [1.29, 1.82) is 0 Å². The molecule has 0 aromatic heterocycles. The number of likely N-dealkylation sites (tertiary alicyclic amines) is 1. The summed E-state index contributed by atoms with van der Waals surface area (Å²) >= 11 is 0. The van der Waals surface area contributed by atoms with Crippen LogP contribution in [0.1, 0.15) is 36.8 Å². The lowest BCUT2D eigenvalue weighted by Gasteiger charge is -2.25. The Hall–Kier alpha value is -2.90. The summed E-state index contributed by atoms with van der Waals surface area (Å²) in [6.45, 7) is 0.184. The first-order valence-electron chi connectivity index (χ1n) is 10.1. The summed E-state index contributed by atoms with van der Waals surface area (Å²) in [5.41, 5.74) is -0.130. The SMILES string of the molecule is O=C(CN1C(=O)NC2(CCc3ccccc32)C1=O)N1C[C@@H]2CCC[C@@]2(C(=O)O)C1. The fourth-order valence-corrected chi connectivity index (χ4v) is 5.80. The van der Waals surface area contributed by atoms with Crippen LogP contribution in [0.3, 0.4) is 0 Å². The van der Waals surface area contributed by atoms with Crippen molar-refractivity contribution in [1.82, 2.24) is 15.1 Å². The minimum absolute atomic E-state index is 0.0555. The predicted octanol–water partition coefficient (Wildman–Crippen LogP) is 1.09. The van der Waals surface area contributed by atoms with Gasteiger partial charge in [-0.25, -0.2) is 4.79 Å². The molecule has 4 aliphatic rings. The molecule has 8 nitrogen and oxygen atoms in total. The second kappa shape index (κ2) is 6.05. The van der Waals surface area contributed by atoms with Crippen LogP contribution in [0, 0.1) is 11.3 Å². The average Bonchev–Trinajstić information content (AvgIpc) is 3.41. The molecule has 2 N–H and O–H groups in total. The second-order valence-electron chi connectivity index (χ2n) is 8.71. The topological polar surface area (TPSA) is 107 Å². The predicted molar refractivity (Wildman–Crippen MR) is 101 cm³/mol. The van der Waals surface area contributed by atoms with Crippen LogP contribution in [0.2, 0.25) is 0 Å². The van der Waals surface area contributed by atoms with Crippen LogP contribution in [0.5, 0.6) is 0 Å².